The first kappa shape index (κ1) is 11.4. The number of nitrogens with one attached hydrogen (secondary N) is 1. The van der Waals surface area contributed by atoms with E-state index in [9.17, 15) is 18.9 Å². The van der Waals surface area contributed by atoms with E-state index in [2.05, 4.69) is 5.32 Å². The molecule has 1 N–H and O–H groups in total. The van der Waals surface area contributed by atoms with Crippen LogP contribution in [0.5, 0.6) is 0 Å². The highest BCUT2D eigenvalue weighted by atomic mass is 19.3. The number of hydrogen-bond donors (Lipinski definition) is 1. The van der Waals surface area contributed by atoms with Gasteiger partial charge in [0.25, 0.3) is 12.1 Å². The van der Waals surface area contributed by atoms with Crippen molar-refractivity contribution in [3.8, 4) is 0 Å². The molecule has 6 heteroatoms. The Kier molecular flexibility index (Phi) is 3.54. The molecule has 0 unspecified atom stereocenters. The van der Waals surface area contributed by atoms with Crippen LogP contribution in [0.15, 0.2) is 18.2 Å². The Labute approximate surface area is 85.1 Å². The monoisotopic (exact) mass is 216 g/mol. The van der Waals surface area contributed by atoms with Crippen molar-refractivity contribution in [1.29, 1.82) is 0 Å². The second-order valence-corrected chi connectivity index (χ2v) is 3.00. The number of aryl methyl sites for hydroxylation is 1. The third-order valence-electron chi connectivity index (χ3n) is 1.88. The molecule has 0 radical (unpaired) electrons. The molecule has 0 atom stereocenters. The van der Waals surface area contributed by atoms with Crippen molar-refractivity contribution in [2.24, 2.45) is 0 Å². The number of nitro groups is 1. The van der Waals surface area contributed by atoms with E-state index < -0.39 is 17.9 Å². The fraction of sp³-hybridized carbons (Fsp3) is 0.333. The van der Waals surface area contributed by atoms with Crippen LogP contribution in [-0.2, 0) is 0 Å². The van der Waals surface area contributed by atoms with Gasteiger partial charge in [0.1, 0.15) is 5.69 Å². The first-order valence-electron chi connectivity index (χ1n) is 4.28. The lowest BCUT2D eigenvalue weighted by Crippen LogP contribution is -2.12. The Balaban J connectivity index is 2.97. The Morgan fingerprint density at radius 2 is 2.20 bits per heavy atom. The van der Waals surface area contributed by atoms with Crippen LogP contribution in [0.4, 0.5) is 20.2 Å². The molecule has 0 amide bonds. The van der Waals surface area contributed by atoms with Gasteiger partial charge in [0.2, 0.25) is 0 Å². The number of halogens is 2. The third-order valence-corrected chi connectivity index (χ3v) is 1.88. The van der Waals surface area contributed by atoms with Gasteiger partial charge in [-0.05, 0) is 12.5 Å². The van der Waals surface area contributed by atoms with Gasteiger partial charge in [-0.1, -0.05) is 12.1 Å². The van der Waals surface area contributed by atoms with Gasteiger partial charge in [0.15, 0.2) is 0 Å². The Bertz CT molecular complexity index is 369. The molecule has 0 bridgehead atoms. The zero-order chi connectivity index (χ0) is 11.4. The number of para-hydroxylation sites is 1. The van der Waals surface area contributed by atoms with Crippen LogP contribution in [0, 0.1) is 17.0 Å². The quantitative estimate of drug-likeness (QED) is 0.621. The molecular weight excluding hydrogens is 206 g/mol. The van der Waals surface area contributed by atoms with E-state index in [1.165, 1.54) is 12.1 Å². The number of alkyl halides is 2. The van der Waals surface area contributed by atoms with Gasteiger partial charge in [-0.15, -0.1) is 0 Å². The van der Waals surface area contributed by atoms with Crippen LogP contribution in [0.25, 0.3) is 0 Å². The molecule has 15 heavy (non-hydrogen) atoms. The van der Waals surface area contributed by atoms with Crippen LogP contribution in [0.2, 0.25) is 0 Å². The van der Waals surface area contributed by atoms with Gasteiger partial charge in [-0.2, -0.15) is 0 Å². The molecule has 82 valence electrons. The predicted octanol–water partition coefficient (Wildman–Crippen LogP) is 2.58. The molecule has 0 aliphatic carbocycles. The fourth-order valence-electron chi connectivity index (χ4n) is 1.21. The molecule has 4 nitrogen and oxygen atoms in total. The molecular formula is C9H10F2N2O2. The minimum absolute atomic E-state index is 0.155. The topological polar surface area (TPSA) is 55.2 Å². The van der Waals surface area contributed by atoms with Gasteiger partial charge in [-0.3, -0.25) is 10.1 Å². The summed E-state index contributed by atoms with van der Waals surface area (Å²) in [7, 11) is 0. The second kappa shape index (κ2) is 4.68. The average molecular weight is 216 g/mol. The summed E-state index contributed by atoms with van der Waals surface area (Å²) in [5.41, 5.74) is 0.545. The van der Waals surface area contributed by atoms with E-state index in [-0.39, 0.29) is 11.4 Å². The number of anilines is 1. The van der Waals surface area contributed by atoms with Gasteiger partial charge >= 0.3 is 0 Å². The van der Waals surface area contributed by atoms with Crippen molar-refractivity contribution in [3.05, 3.63) is 33.9 Å². The highest BCUT2D eigenvalue weighted by molar-refractivity contribution is 5.65. The minimum Gasteiger partial charge on any atom is -0.374 e. The summed E-state index contributed by atoms with van der Waals surface area (Å²) in [6.07, 6.45) is -2.54. The molecule has 0 heterocycles. The van der Waals surface area contributed by atoms with E-state index in [4.69, 9.17) is 0 Å². The Morgan fingerprint density at radius 3 is 2.73 bits per heavy atom. The molecule has 1 aromatic carbocycles. The van der Waals surface area contributed by atoms with Gasteiger partial charge < -0.3 is 5.32 Å². The molecule has 0 aliphatic rings. The summed E-state index contributed by atoms with van der Waals surface area (Å²) in [6.45, 7) is 1.03. The normalized spacial score (nSPS) is 10.4. The maximum atomic E-state index is 12.0. The van der Waals surface area contributed by atoms with Crippen molar-refractivity contribution in [2.75, 3.05) is 11.9 Å². The van der Waals surface area contributed by atoms with E-state index in [0.717, 1.165) is 0 Å². The summed E-state index contributed by atoms with van der Waals surface area (Å²) < 4.78 is 23.9. The lowest BCUT2D eigenvalue weighted by molar-refractivity contribution is -0.384. The molecule has 0 aliphatic heterocycles. The van der Waals surface area contributed by atoms with Gasteiger partial charge in [0, 0.05) is 6.07 Å². The number of nitro benzene ring substituents is 1. The number of benzene rings is 1. The van der Waals surface area contributed by atoms with Gasteiger partial charge in [-0.25, -0.2) is 8.78 Å². The summed E-state index contributed by atoms with van der Waals surface area (Å²) in [5, 5.41) is 13.0. The smallest absolute Gasteiger partial charge is 0.292 e. The van der Waals surface area contributed by atoms with Crippen molar-refractivity contribution < 1.29 is 13.7 Å². The van der Waals surface area contributed by atoms with E-state index in [0.29, 0.717) is 5.56 Å². The summed E-state index contributed by atoms with van der Waals surface area (Å²) >= 11 is 0. The first-order chi connectivity index (χ1) is 7.02. The maximum Gasteiger partial charge on any atom is 0.292 e. The standard InChI is InChI=1S/C9H10F2N2O2/c1-6-3-2-4-7(13(14)15)9(6)12-5-8(10)11/h2-4,8,12H,5H2,1H3. The molecule has 0 fully saturated rings. The molecule has 0 spiro atoms. The summed E-state index contributed by atoms with van der Waals surface area (Å²) in [4.78, 5) is 10.0. The lowest BCUT2D eigenvalue weighted by Gasteiger charge is -2.08. The highest BCUT2D eigenvalue weighted by Crippen LogP contribution is 2.27. The second-order valence-electron chi connectivity index (χ2n) is 3.00. The van der Waals surface area contributed by atoms with E-state index in [1.807, 2.05) is 0 Å². The van der Waals surface area contributed by atoms with Crippen LogP contribution in [0.1, 0.15) is 5.56 Å². The molecule has 1 rings (SSSR count). The minimum atomic E-state index is -2.54. The van der Waals surface area contributed by atoms with Crippen molar-refractivity contribution >= 4 is 11.4 Å². The predicted molar refractivity (Wildman–Crippen MR) is 52.3 cm³/mol. The van der Waals surface area contributed by atoms with Crippen molar-refractivity contribution in [3.63, 3.8) is 0 Å². The molecule has 1 aromatic rings. The largest absolute Gasteiger partial charge is 0.374 e. The molecule has 0 saturated carbocycles. The zero-order valence-electron chi connectivity index (χ0n) is 8.04. The summed E-state index contributed by atoms with van der Waals surface area (Å²) in [6, 6.07) is 4.42. The van der Waals surface area contributed by atoms with Crippen molar-refractivity contribution in [2.45, 2.75) is 13.3 Å². The lowest BCUT2D eigenvalue weighted by atomic mass is 10.1. The first-order valence-corrected chi connectivity index (χ1v) is 4.28. The van der Waals surface area contributed by atoms with Crippen LogP contribution < -0.4 is 5.32 Å². The molecule has 0 aromatic heterocycles. The van der Waals surface area contributed by atoms with Crippen LogP contribution >= 0.6 is 0 Å². The van der Waals surface area contributed by atoms with Crippen LogP contribution in [0.3, 0.4) is 0 Å². The van der Waals surface area contributed by atoms with Crippen molar-refractivity contribution in [1.82, 2.24) is 0 Å². The number of hydrogen-bond acceptors (Lipinski definition) is 3. The van der Waals surface area contributed by atoms with Crippen LogP contribution in [-0.4, -0.2) is 17.9 Å². The van der Waals surface area contributed by atoms with E-state index >= 15 is 0 Å². The number of rotatable bonds is 4. The maximum absolute atomic E-state index is 12.0. The Hall–Kier alpha value is -1.72. The average Bonchev–Trinajstić information content (AvgIpc) is 2.15. The zero-order valence-corrected chi connectivity index (χ0v) is 8.04. The molecule has 0 saturated heterocycles. The Morgan fingerprint density at radius 1 is 1.53 bits per heavy atom. The number of nitrogens with zero attached hydrogens (tertiary/aromatic N) is 1. The van der Waals surface area contributed by atoms with E-state index in [1.54, 1.807) is 13.0 Å². The van der Waals surface area contributed by atoms with Gasteiger partial charge in [0.05, 0.1) is 11.5 Å². The fourth-order valence-corrected chi connectivity index (χ4v) is 1.21. The SMILES string of the molecule is Cc1cccc([N+](=O)[O-])c1NCC(F)F. The third kappa shape index (κ3) is 2.87. The highest BCUT2D eigenvalue weighted by Gasteiger charge is 2.16. The summed E-state index contributed by atoms with van der Waals surface area (Å²) in [5.74, 6) is 0.